The van der Waals surface area contributed by atoms with Crippen LogP contribution >= 0.6 is 0 Å². The van der Waals surface area contributed by atoms with E-state index in [1.165, 1.54) is 6.07 Å². The highest BCUT2D eigenvalue weighted by Crippen LogP contribution is 2.61. The van der Waals surface area contributed by atoms with Gasteiger partial charge in [-0.25, -0.2) is 0 Å². The van der Waals surface area contributed by atoms with Crippen LogP contribution in [0.15, 0.2) is 12.1 Å². The lowest BCUT2D eigenvalue weighted by Gasteiger charge is -2.48. The van der Waals surface area contributed by atoms with Crippen molar-refractivity contribution < 1.29 is 42.6 Å². The van der Waals surface area contributed by atoms with Gasteiger partial charge in [0.1, 0.15) is 17.6 Å². The first-order valence-electron chi connectivity index (χ1n) is 10.9. The van der Waals surface area contributed by atoms with Gasteiger partial charge in [0.05, 0.1) is 18.8 Å². The van der Waals surface area contributed by atoms with Gasteiger partial charge in [0.15, 0.2) is 5.78 Å². The molecule has 5 atom stereocenters. The smallest absolute Gasteiger partial charge is 0.306 e. The van der Waals surface area contributed by atoms with E-state index in [4.69, 9.17) is 12.5 Å². The molecule has 13 heteroatoms. The second kappa shape index (κ2) is 8.17. The normalized spacial score (nSPS) is 31.4. The highest BCUT2D eigenvalue weighted by Gasteiger charge is 2.59. The van der Waals surface area contributed by atoms with Gasteiger partial charge in [0.2, 0.25) is 0 Å². The van der Waals surface area contributed by atoms with E-state index in [2.05, 4.69) is 0 Å². The zero-order chi connectivity index (χ0) is 25.3. The van der Waals surface area contributed by atoms with Crippen LogP contribution in [0.2, 0.25) is 0 Å². The highest BCUT2D eigenvalue weighted by molar-refractivity contribution is 7.86. The Kier molecular flexibility index (Phi) is 6.10. The Morgan fingerprint density at radius 2 is 1.56 bits per heavy atom. The predicted molar refractivity (Wildman–Crippen MR) is 122 cm³/mol. The fourth-order valence-electron chi connectivity index (χ4n) is 6.17. The van der Waals surface area contributed by atoms with Crippen LogP contribution in [0.25, 0.3) is 0 Å². The fraction of sp³-hybridized carbons (Fsp3) is 0.667. The molecule has 2 fully saturated rings. The van der Waals surface area contributed by atoms with Crippen molar-refractivity contribution in [1.82, 2.24) is 0 Å². The first-order chi connectivity index (χ1) is 15.5. The number of fused-ring (bicyclic) bond motifs is 5. The molecule has 0 saturated heterocycles. The van der Waals surface area contributed by atoms with E-state index in [0.717, 1.165) is 24.3 Å². The Morgan fingerprint density at radius 1 is 0.912 bits per heavy atom. The average Bonchev–Trinajstić information content (AvgIpc) is 2.88. The summed E-state index contributed by atoms with van der Waals surface area (Å²) in [6.45, 7) is 1.86. The van der Waals surface area contributed by atoms with Gasteiger partial charge < -0.3 is 8.37 Å². The van der Waals surface area contributed by atoms with Crippen molar-refractivity contribution in [3.8, 4) is 11.5 Å². The first-order valence-corrected chi connectivity index (χ1v) is 16.3. The third-order valence-corrected chi connectivity index (χ3v) is 8.81. The lowest BCUT2D eigenvalue weighted by molar-refractivity contribution is -0.133. The molecule has 2 saturated carbocycles. The van der Waals surface area contributed by atoms with Crippen molar-refractivity contribution in [2.24, 2.45) is 17.3 Å². The summed E-state index contributed by atoms with van der Waals surface area (Å²) in [6, 6.07) is 2.86. The van der Waals surface area contributed by atoms with Crippen LogP contribution in [0.3, 0.4) is 0 Å². The van der Waals surface area contributed by atoms with Gasteiger partial charge in [-0.1, -0.05) is 6.92 Å². The quantitative estimate of drug-likeness (QED) is 0.492. The Balaban J connectivity index is 1.75. The molecule has 0 heterocycles. The lowest BCUT2D eigenvalue weighted by atomic mass is 9.55. The molecule has 1 aromatic rings. The van der Waals surface area contributed by atoms with E-state index in [9.17, 15) is 30.0 Å². The molecule has 0 spiro atoms. The number of aryl methyl sites for hydroxylation is 1. The van der Waals surface area contributed by atoms with Gasteiger partial charge >= 0.3 is 20.2 Å². The number of hydrogen-bond donors (Lipinski definition) is 0. The molecule has 34 heavy (non-hydrogen) atoms. The molecule has 190 valence electrons. The number of benzene rings is 1. The Labute approximate surface area is 200 Å². The van der Waals surface area contributed by atoms with E-state index in [1.54, 1.807) is 6.07 Å². The minimum absolute atomic E-state index is 0.0187. The van der Waals surface area contributed by atoms with Crippen LogP contribution in [0.5, 0.6) is 11.5 Å². The van der Waals surface area contributed by atoms with E-state index in [1.807, 2.05) is 6.92 Å². The Hall–Kier alpha value is -1.70. The zero-order valence-corrected chi connectivity index (χ0v) is 21.8. The fourth-order valence-corrected chi connectivity index (χ4v) is 7.67. The van der Waals surface area contributed by atoms with Crippen LogP contribution < -0.4 is 8.37 Å². The van der Waals surface area contributed by atoms with Crippen LogP contribution in [-0.4, -0.2) is 55.9 Å². The van der Waals surface area contributed by atoms with Crippen LogP contribution in [0, 0.1) is 17.3 Å². The molecular weight excluding hydrogens is 508 g/mol. The molecule has 0 unspecified atom stereocenters. The molecule has 0 N–H and O–H groups in total. The maximum atomic E-state index is 13.1. The number of rotatable bonds is 6. The Bertz CT molecular complexity index is 1350. The van der Waals surface area contributed by atoms with E-state index < -0.39 is 41.9 Å². The third kappa shape index (κ3) is 4.98. The summed E-state index contributed by atoms with van der Waals surface area (Å²) in [5, 5.41) is 0. The molecular formula is C21H28O10S3. The second-order valence-corrected chi connectivity index (χ2v) is 14.6. The van der Waals surface area contributed by atoms with Gasteiger partial charge in [-0.05, 0) is 61.5 Å². The topological polar surface area (TPSA) is 147 Å². The standard InChI is InChI=1S/C21H28O10S3/c1-21-8-7-15-14(16(21)11-18(20(21)22)31-34(4,27)28)6-5-12-9-13(29-32(2,23)24)10-17(19(12)15)30-33(3,25)26/h9-10,14-16,18H,5-8,11H2,1-4H3/t14-,15-,16-,18+,21-/m0/s1. The van der Waals surface area contributed by atoms with Crippen molar-refractivity contribution in [2.75, 3.05) is 18.8 Å². The molecule has 0 amide bonds. The molecule has 1 aromatic carbocycles. The summed E-state index contributed by atoms with van der Waals surface area (Å²) < 4.78 is 86.1. The van der Waals surface area contributed by atoms with Crippen LogP contribution in [0.4, 0.5) is 0 Å². The molecule has 4 rings (SSSR count). The zero-order valence-electron chi connectivity index (χ0n) is 19.3. The van der Waals surface area contributed by atoms with E-state index in [-0.39, 0.29) is 41.5 Å². The number of ketones is 1. The molecule has 0 bridgehead atoms. The van der Waals surface area contributed by atoms with Crippen molar-refractivity contribution in [2.45, 2.75) is 51.0 Å². The van der Waals surface area contributed by atoms with Crippen LogP contribution in [0.1, 0.15) is 49.7 Å². The third-order valence-electron chi connectivity index (χ3n) is 7.25. The summed E-state index contributed by atoms with van der Waals surface area (Å²) >= 11 is 0. The predicted octanol–water partition coefficient (Wildman–Crippen LogP) is 1.74. The maximum Gasteiger partial charge on any atom is 0.306 e. The summed E-state index contributed by atoms with van der Waals surface area (Å²) in [5.41, 5.74) is 0.674. The molecule has 3 aliphatic rings. The maximum absolute atomic E-state index is 13.1. The van der Waals surface area contributed by atoms with E-state index in [0.29, 0.717) is 31.2 Å². The molecule has 0 radical (unpaired) electrons. The lowest BCUT2D eigenvalue weighted by Crippen LogP contribution is -2.43. The van der Waals surface area contributed by atoms with Gasteiger partial charge in [0, 0.05) is 17.0 Å². The summed E-state index contributed by atoms with van der Waals surface area (Å²) in [4.78, 5) is 13.1. The van der Waals surface area contributed by atoms with Crippen molar-refractivity contribution in [3.63, 3.8) is 0 Å². The second-order valence-electron chi connectivity index (χ2n) is 9.83. The molecule has 0 aromatic heterocycles. The first kappa shape index (κ1) is 25.4. The molecule has 10 nitrogen and oxygen atoms in total. The average molecular weight is 537 g/mol. The number of carbonyl (C=O) groups excluding carboxylic acids is 1. The van der Waals surface area contributed by atoms with Crippen molar-refractivity contribution >= 4 is 36.1 Å². The monoisotopic (exact) mass is 536 g/mol. The SMILES string of the molecule is C[C@]12CC[C@@H]3c4c(cc(OS(C)(=O)=O)cc4OS(C)(=O)=O)CC[C@@H]3[C@@H]1C[C@@H](OS(C)(=O)=O)C2=O. The molecule has 0 aliphatic heterocycles. The molecule has 3 aliphatic carbocycles. The summed E-state index contributed by atoms with van der Waals surface area (Å²) in [7, 11) is -11.6. The highest BCUT2D eigenvalue weighted by atomic mass is 32.2. The van der Waals surface area contributed by atoms with Crippen LogP contribution in [-0.2, 0) is 45.8 Å². The van der Waals surface area contributed by atoms with E-state index >= 15 is 0 Å². The minimum atomic E-state index is -3.92. The summed E-state index contributed by atoms with van der Waals surface area (Å²) in [6.07, 6.45) is 4.19. The number of Topliss-reactive ketones (excluding diaryl/α,β-unsaturated/α-hetero) is 1. The minimum Gasteiger partial charge on any atom is -0.382 e. The largest absolute Gasteiger partial charge is 0.382 e. The summed E-state index contributed by atoms with van der Waals surface area (Å²) in [5.74, 6) is -0.530. The van der Waals surface area contributed by atoms with Gasteiger partial charge in [-0.3, -0.25) is 8.98 Å². The Morgan fingerprint density at radius 3 is 2.15 bits per heavy atom. The van der Waals surface area contributed by atoms with Crippen molar-refractivity contribution in [1.29, 1.82) is 0 Å². The number of hydrogen-bond acceptors (Lipinski definition) is 10. The van der Waals surface area contributed by atoms with Crippen molar-refractivity contribution in [3.05, 3.63) is 23.3 Å². The number of carbonyl (C=O) groups is 1. The van der Waals surface area contributed by atoms with Gasteiger partial charge in [-0.15, -0.1) is 0 Å². The van der Waals surface area contributed by atoms with Gasteiger partial charge in [-0.2, -0.15) is 25.3 Å². The van der Waals surface area contributed by atoms with Gasteiger partial charge in [0.25, 0.3) is 10.1 Å².